The number of hydrogen-bond acceptors (Lipinski definition) is 3. The maximum Gasteiger partial charge on any atom is 0.335 e. The van der Waals surface area contributed by atoms with Crippen LogP contribution in [0.5, 0.6) is 0 Å². The van der Waals surface area contributed by atoms with Crippen molar-refractivity contribution in [3.63, 3.8) is 0 Å². The third-order valence-corrected chi connectivity index (χ3v) is 3.04. The first kappa shape index (κ1) is 12.6. The van der Waals surface area contributed by atoms with Crippen LogP contribution in [0.1, 0.15) is 29.3 Å². The van der Waals surface area contributed by atoms with Gasteiger partial charge in [-0.2, -0.15) is 0 Å². The lowest BCUT2D eigenvalue weighted by molar-refractivity contribution is -0.117. The monoisotopic (exact) mass is 249 g/mol. The molecule has 1 aliphatic rings. The van der Waals surface area contributed by atoms with Gasteiger partial charge in [0.1, 0.15) is 0 Å². The van der Waals surface area contributed by atoms with E-state index in [1.165, 1.54) is 12.1 Å². The first-order valence-electron chi connectivity index (χ1n) is 5.83. The fourth-order valence-electron chi connectivity index (χ4n) is 2.05. The number of carboxylic acid groups (broad SMARTS) is 1. The summed E-state index contributed by atoms with van der Waals surface area (Å²) >= 11 is 0. The largest absolute Gasteiger partial charge is 0.478 e. The summed E-state index contributed by atoms with van der Waals surface area (Å²) in [7, 11) is 0. The zero-order chi connectivity index (χ0) is 13.3. The van der Waals surface area contributed by atoms with Gasteiger partial charge < -0.3 is 15.1 Å². The molecule has 0 spiro atoms. The number of aliphatic hydroxyl groups excluding tert-OH is 1. The van der Waals surface area contributed by atoms with Crippen LogP contribution in [-0.2, 0) is 11.2 Å². The summed E-state index contributed by atoms with van der Waals surface area (Å²) in [5.41, 5.74) is 1.67. The van der Waals surface area contributed by atoms with Crippen molar-refractivity contribution in [2.45, 2.75) is 25.9 Å². The molecule has 0 saturated heterocycles. The Morgan fingerprint density at radius 3 is 2.83 bits per heavy atom. The van der Waals surface area contributed by atoms with E-state index >= 15 is 0 Å². The molecule has 2 rings (SSSR count). The van der Waals surface area contributed by atoms with Crippen molar-refractivity contribution in [3.8, 4) is 0 Å². The quantitative estimate of drug-likeness (QED) is 0.836. The lowest BCUT2D eigenvalue weighted by Crippen LogP contribution is -2.29. The van der Waals surface area contributed by atoms with Gasteiger partial charge in [-0.05, 0) is 31.0 Å². The third kappa shape index (κ3) is 2.36. The summed E-state index contributed by atoms with van der Waals surface area (Å²) in [6.07, 6.45) is 0.293. The molecule has 1 aliphatic heterocycles. The zero-order valence-corrected chi connectivity index (χ0v) is 10.1. The normalized spacial score (nSPS) is 15.7. The van der Waals surface area contributed by atoms with Gasteiger partial charge in [0.15, 0.2) is 0 Å². The van der Waals surface area contributed by atoms with Crippen molar-refractivity contribution < 1.29 is 19.8 Å². The minimum atomic E-state index is -1.01. The van der Waals surface area contributed by atoms with Crippen molar-refractivity contribution in [3.05, 3.63) is 29.3 Å². The second-order valence-electron chi connectivity index (χ2n) is 4.51. The van der Waals surface area contributed by atoms with Crippen LogP contribution in [0.2, 0.25) is 0 Å². The third-order valence-electron chi connectivity index (χ3n) is 3.04. The van der Waals surface area contributed by atoms with Crippen LogP contribution in [0.4, 0.5) is 5.69 Å². The van der Waals surface area contributed by atoms with E-state index in [2.05, 4.69) is 0 Å². The zero-order valence-electron chi connectivity index (χ0n) is 10.1. The van der Waals surface area contributed by atoms with Crippen molar-refractivity contribution in [1.29, 1.82) is 0 Å². The lowest BCUT2D eigenvalue weighted by Gasteiger charge is -2.18. The molecule has 5 heteroatoms. The van der Waals surface area contributed by atoms with Crippen LogP contribution < -0.4 is 4.90 Å². The van der Waals surface area contributed by atoms with Gasteiger partial charge in [-0.3, -0.25) is 4.79 Å². The van der Waals surface area contributed by atoms with Crippen LogP contribution in [-0.4, -0.2) is 34.7 Å². The second kappa shape index (κ2) is 4.78. The minimum Gasteiger partial charge on any atom is -0.478 e. The van der Waals surface area contributed by atoms with Crippen LogP contribution in [0, 0.1) is 0 Å². The molecule has 2 N–H and O–H groups in total. The molecule has 0 aromatic heterocycles. The Morgan fingerprint density at radius 1 is 1.50 bits per heavy atom. The molecule has 96 valence electrons. The number of hydrogen-bond donors (Lipinski definition) is 2. The molecule has 0 fully saturated rings. The summed E-state index contributed by atoms with van der Waals surface area (Å²) in [5, 5.41) is 18.2. The smallest absolute Gasteiger partial charge is 0.335 e. The van der Waals surface area contributed by atoms with Crippen molar-refractivity contribution in [2.75, 3.05) is 11.4 Å². The Hall–Kier alpha value is -1.88. The van der Waals surface area contributed by atoms with Crippen molar-refractivity contribution >= 4 is 17.6 Å². The van der Waals surface area contributed by atoms with E-state index in [0.717, 1.165) is 5.56 Å². The fraction of sp³-hybridized carbons (Fsp3) is 0.385. The van der Waals surface area contributed by atoms with E-state index < -0.39 is 12.1 Å². The van der Waals surface area contributed by atoms with Crippen LogP contribution in [0.3, 0.4) is 0 Å². The summed E-state index contributed by atoms with van der Waals surface area (Å²) in [4.78, 5) is 24.3. The molecular weight excluding hydrogens is 234 g/mol. The second-order valence-corrected chi connectivity index (χ2v) is 4.51. The maximum absolute atomic E-state index is 11.8. The summed E-state index contributed by atoms with van der Waals surface area (Å²) in [6.45, 7) is 2.07. The molecule has 0 saturated carbocycles. The van der Waals surface area contributed by atoms with Crippen LogP contribution in [0.15, 0.2) is 18.2 Å². The molecule has 1 heterocycles. The molecule has 1 unspecified atom stereocenters. The summed E-state index contributed by atoms with van der Waals surface area (Å²) in [5.74, 6) is -1.05. The predicted molar refractivity (Wildman–Crippen MR) is 65.8 cm³/mol. The number of benzene rings is 1. The molecule has 0 radical (unpaired) electrons. The van der Waals surface area contributed by atoms with Gasteiger partial charge in [0.05, 0.1) is 18.1 Å². The Bertz CT molecular complexity index is 496. The molecule has 0 bridgehead atoms. The number of carboxylic acids is 1. The van der Waals surface area contributed by atoms with Gasteiger partial charge in [-0.15, -0.1) is 0 Å². The van der Waals surface area contributed by atoms with Gasteiger partial charge in [0.25, 0.3) is 0 Å². The standard InChI is InChI=1S/C13H15NO4/c1-8(15)4-5-14-11-6-10(13(17)18)3-2-9(11)7-12(14)16/h2-3,6,8,15H,4-5,7H2,1H3,(H,17,18). The number of carbonyl (C=O) groups is 2. The average molecular weight is 249 g/mol. The van der Waals surface area contributed by atoms with E-state index in [1.54, 1.807) is 17.9 Å². The van der Waals surface area contributed by atoms with E-state index in [0.29, 0.717) is 25.1 Å². The lowest BCUT2D eigenvalue weighted by atomic mass is 10.1. The van der Waals surface area contributed by atoms with Gasteiger partial charge in [0, 0.05) is 12.2 Å². The number of amides is 1. The number of rotatable bonds is 4. The van der Waals surface area contributed by atoms with Gasteiger partial charge in [-0.1, -0.05) is 6.07 Å². The van der Waals surface area contributed by atoms with Crippen LogP contribution >= 0.6 is 0 Å². The highest BCUT2D eigenvalue weighted by molar-refractivity contribution is 6.03. The van der Waals surface area contributed by atoms with Crippen molar-refractivity contribution in [1.82, 2.24) is 0 Å². The topological polar surface area (TPSA) is 77.8 Å². The molecule has 5 nitrogen and oxygen atoms in total. The van der Waals surface area contributed by atoms with E-state index in [-0.39, 0.29) is 11.5 Å². The SMILES string of the molecule is CC(O)CCN1C(=O)Cc2ccc(C(=O)O)cc21. The fourth-order valence-corrected chi connectivity index (χ4v) is 2.05. The molecule has 1 aromatic rings. The number of carbonyl (C=O) groups excluding carboxylic acids is 1. The number of nitrogens with zero attached hydrogens (tertiary/aromatic N) is 1. The predicted octanol–water partition coefficient (Wildman–Crippen LogP) is 1.04. The maximum atomic E-state index is 11.8. The highest BCUT2D eigenvalue weighted by Crippen LogP contribution is 2.30. The number of aliphatic hydroxyl groups is 1. The van der Waals surface area contributed by atoms with E-state index in [4.69, 9.17) is 5.11 Å². The summed E-state index contributed by atoms with van der Waals surface area (Å²) < 4.78 is 0. The molecule has 18 heavy (non-hydrogen) atoms. The Kier molecular flexibility index (Phi) is 3.34. The first-order valence-corrected chi connectivity index (χ1v) is 5.83. The number of aromatic carboxylic acids is 1. The minimum absolute atomic E-state index is 0.0480. The Morgan fingerprint density at radius 2 is 2.22 bits per heavy atom. The molecule has 1 atom stereocenters. The number of anilines is 1. The first-order chi connectivity index (χ1) is 8.49. The summed E-state index contributed by atoms with van der Waals surface area (Å²) in [6, 6.07) is 4.70. The molecule has 0 aliphatic carbocycles. The Balaban J connectivity index is 2.27. The highest BCUT2D eigenvalue weighted by Gasteiger charge is 2.27. The molecular formula is C13H15NO4. The van der Waals surface area contributed by atoms with E-state index in [9.17, 15) is 14.7 Å². The van der Waals surface area contributed by atoms with Crippen molar-refractivity contribution in [2.24, 2.45) is 0 Å². The van der Waals surface area contributed by atoms with Gasteiger partial charge in [0.2, 0.25) is 5.91 Å². The Labute approximate surface area is 105 Å². The van der Waals surface area contributed by atoms with Crippen LogP contribution in [0.25, 0.3) is 0 Å². The molecule has 1 aromatic carbocycles. The van der Waals surface area contributed by atoms with E-state index in [1.807, 2.05) is 0 Å². The molecule has 1 amide bonds. The van der Waals surface area contributed by atoms with Gasteiger partial charge >= 0.3 is 5.97 Å². The average Bonchev–Trinajstić information content (AvgIpc) is 2.60. The highest BCUT2D eigenvalue weighted by atomic mass is 16.4. The van der Waals surface area contributed by atoms with Gasteiger partial charge in [-0.25, -0.2) is 4.79 Å². The number of fused-ring (bicyclic) bond motifs is 1.